The molecule has 1 aromatic carbocycles. The summed E-state index contributed by atoms with van der Waals surface area (Å²) in [6, 6.07) is 9.65. The molecule has 2 rings (SSSR count). The van der Waals surface area contributed by atoms with Gasteiger partial charge in [-0.2, -0.15) is 0 Å². The molecule has 0 aromatic heterocycles. The lowest BCUT2D eigenvalue weighted by Crippen LogP contribution is -2.23. The summed E-state index contributed by atoms with van der Waals surface area (Å²) in [6.45, 7) is 1.92. The Bertz CT molecular complexity index is 434. The molecule has 0 spiro atoms. The first-order valence-corrected chi connectivity index (χ1v) is 4.80. The number of carbonyl (C=O) groups excluding carboxylic acids is 2. The summed E-state index contributed by atoms with van der Waals surface area (Å²) in [7, 11) is 0. The molecule has 3 heteroatoms. The summed E-state index contributed by atoms with van der Waals surface area (Å²) in [6.07, 6.45) is 1.38. The first-order chi connectivity index (χ1) is 7.18. The van der Waals surface area contributed by atoms with E-state index < -0.39 is 0 Å². The minimum Gasteiger partial charge on any atom is -0.289 e. The van der Waals surface area contributed by atoms with Gasteiger partial charge in [0.1, 0.15) is 0 Å². The normalized spacial score (nSPS) is 17.3. The van der Waals surface area contributed by atoms with Gasteiger partial charge in [0, 0.05) is 17.6 Å². The Labute approximate surface area is 87.8 Å². The summed E-state index contributed by atoms with van der Waals surface area (Å²) in [5, 5.41) is 2.25. The maximum absolute atomic E-state index is 11.4. The van der Waals surface area contributed by atoms with Gasteiger partial charge in [-0.05, 0) is 5.56 Å². The average Bonchev–Trinajstić information content (AvgIpc) is 2.58. The largest absolute Gasteiger partial charge is 0.289 e. The third-order valence-electron chi connectivity index (χ3n) is 2.55. The predicted octanol–water partition coefficient (Wildman–Crippen LogP) is 1.37. The number of rotatable bonds is 2. The number of imide groups is 1. The Morgan fingerprint density at radius 1 is 1.13 bits per heavy atom. The molecule has 15 heavy (non-hydrogen) atoms. The molecule has 1 aromatic rings. The topological polar surface area (TPSA) is 46.2 Å². The zero-order valence-corrected chi connectivity index (χ0v) is 8.36. The van der Waals surface area contributed by atoms with E-state index >= 15 is 0 Å². The van der Waals surface area contributed by atoms with Gasteiger partial charge in [-0.25, -0.2) is 0 Å². The summed E-state index contributed by atoms with van der Waals surface area (Å²) in [5.74, 6) is -0.646. The fourth-order valence-electron chi connectivity index (χ4n) is 1.67. The summed E-state index contributed by atoms with van der Waals surface area (Å²) < 4.78 is 0. The molecule has 76 valence electrons. The molecule has 1 atom stereocenters. The second-order valence-electron chi connectivity index (χ2n) is 3.55. The van der Waals surface area contributed by atoms with Gasteiger partial charge in [0.15, 0.2) is 0 Å². The van der Waals surface area contributed by atoms with Crippen molar-refractivity contribution in [3.8, 4) is 0 Å². The molecule has 1 unspecified atom stereocenters. The maximum atomic E-state index is 11.4. The molecule has 1 aliphatic heterocycles. The van der Waals surface area contributed by atoms with Gasteiger partial charge in [0.25, 0.3) is 11.8 Å². The van der Waals surface area contributed by atoms with E-state index in [4.69, 9.17) is 0 Å². The van der Waals surface area contributed by atoms with E-state index in [1.807, 2.05) is 37.3 Å². The zero-order valence-electron chi connectivity index (χ0n) is 8.36. The first-order valence-electron chi connectivity index (χ1n) is 4.80. The van der Waals surface area contributed by atoms with E-state index in [1.54, 1.807) is 0 Å². The lowest BCUT2D eigenvalue weighted by atomic mass is 9.93. The number of amides is 2. The van der Waals surface area contributed by atoms with Crippen LogP contribution in [0.25, 0.3) is 0 Å². The Balaban J connectivity index is 2.30. The van der Waals surface area contributed by atoms with Crippen LogP contribution in [0.1, 0.15) is 18.4 Å². The first kappa shape index (κ1) is 9.65. The van der Waals surface area contributed by atoms with Crippen LogP contribution in [0.5, 0.6) is 0 Å². The Kier molecular flexibility index (Phi) is 2.37. The van der Waals surface area contributed by atoms with Gasteiger partial charge in [-0.3, -0.25) is 14.9 Å². The van der Waals surface area contributed by atoms with Gasteiger partial charge >= 0.3 is 0 Å². The minimum absolute atomic E-state index is 0.0438. The quantitative estimate of drug-likeness (QED) is 0.734. The lowest BCUT2D eigenvalue weighted by molar-refractivity contribution is -0.123. The minimum atomic E-state index is -0.321. The third-order valence-corrected chi connectivity index (χ3v) is 2.55. The van der Waals surface area contributed by atoms with Crippen molar-refractivity contribution in [3.63, 3.8) is 0 Å². The van der Waals surface area contributed by atoms with Crippen molar-refractivity contribution in [2.45, 2.75) is 12.8 Å². The Morgan fingerprint density at radius 3 is 2.33 bits per heavy atom. The fourth-order valence-corrected chi connectivity index (χ4v) is 1.67. The molecular formula is C12H11NO2. The van der Waals surface area contributed by atoms with Gasteiger partial charge in [-0.1, -0.05) is 37.3 Å². The average molecular weight is 201 g/mol. The number of carbonyl (C=O) groups is 2. The van der Waals surface area contributed by atoms with E-state index in [0.29, 0.717) is 5.57 Å². The van der Waals surface area contributed by atoms with Crippen LogP contribution in [0.4, 0.5) is 0 Å². The highest BCUT2D eigenvalue weighted by molar-refractivity contribution is 6.16. The summed E-state index contributed by atoms with van der Waals surface area (Å²) in [4.78, 5) is 22.4. The molecule has 0 radical (unpaired) electrons. The molecule has 0 fully saturated rings. The molecule has 1 aliphatic rings. The van der Waals surface area contributed by atoms with E-state index in [1.165, 1.54) is 6.08 Å². The molecule has 1 N–H and O–H groups in total. The summed E-state index contributed by atoms with van der Waals surface area (Å²) >= 11 is 0. The van der Waals surface area contributed by atoms with Crippen LogP contribution in [-0.4, -0.2) is 11.8 Å². The Hall–Kier alpha value is -1.90. The van der Waals surface area contributed by atoms with E-state index in [9.17, 15) is 9.59 Å². The van der Waals surface area contributed by atoms with Crippen molar-refractivity contribution < 1.29 is 9.59 Å². The molecule has 2 amide bonds. The van der Waals surface area contributed by atoms with E-state index in [0.717, 1.165) is 5.56 Å². The highest BCUT2D eigenvalue weighted by Gasteiger charge is 2.25. The van der Waals surface area contributed by atoms with Gasteiger partial charge < -0.3 is 0 Å². The van der Waals surface area contributed by atoms with Crippen molar-refractivity contribution in [1.29, 1.82) is 0 Å². The SMILES string of the molecule is CC(C1=CC(=O)NC1=O)c1ccccc1. The Morgan fingerprint density at radius 2 is 1.80 bits per heavy atom. The van der Waals surface area contributed by atoms with Crippen LogP contribution in [0.2, 0.25) is 0 Å². The lowest BCUT2D eigenvalue weighted by Gasteiger charge is -2.10. The fraction of sp³-hybridized carbons (Fsp3) is 0.167. The van der Waals surface area contributed by atoms with Crippen molar-refractivity contribution in [1.82, 2.24) is 5.32 Å². The molecule has 3 nitrogen and oxygen atoms in total. The predicted molar refractivity (Wildman–Crippen MR) is 56.1 cm³/mol. The van der Waals surface area contributed by atoms with Crippen molar-refractivity contribution >= 4 is 11.8 Å². The maximum Gasteiger partial charge on any atom is 0.254 e. The van der Waals surface area contributed by atoms with Crippen LogP contribution >= 0.6 is 0 Å². The number of hydrogen-bond donors (Lipinski definition) is 1. The van der Waals surface area contributed by atoms with Crippen LogP contribution in [0, 0.1) is 0 Å². The second-order valence-corrected chi connectivity index (χ2v) is 3.55. The molecule has 0 saturated heterocycles. The number of benzene rings is 1. The highest BCUT2D eigenvalue weighted by Crippen LogP contribution is 2.25. The number of hydrogen-bond acceptors (Lipinski definition) is 2. The van der Waals surface area contributed by atoms with Crippen LogP contribution < -0.4 is 5.32 Å². The van der Waals surface area contributed by atoms with Crippen molar-refractivity contribution in [2.24, 2.45) is 0 Å². The molecule has 0 bridgehead atoms. The van der Waals surface area contributed by atoms with Crippen LogP contribution in [0.3, 0.4) is 0 Å². The highest BCUT2D eigenvalue weighted by atomic mass is 16.2. The summed E-state index contributed by atoms with van der Waals surface area (Å²) in [5.41, 5.74) is 1.57. The molecular weight excluding hydrogens is 190 g/mol. The van der Waals surface area contributed by atoms with Crippen molar-refractivity contribution in [2.75, 3.05) is 0 Å². The molecule has 0 saturated carbocycles. The van der Waals surface area contributed by atoms with Gasteiger partial charge in [0.2, 0.25) is 0 Å². The van der Waals surface area contributed by atoms with Gasteiger partial charge in [-0.15, -0.1) is 0 Å². The third kappa shape index (κ3) is 1.81. The van der Waals surface area contributed by atoms with Crippen LogP contribution in [-0.2, 0) is 9.59 Å². The molecule has 1 heterocycles. The van der Waals surface area contributed by atoms with E-state index in [-0.39, 0.29) is 17.7 Å². The smallest absolute Gasteiger partial charge is 0.254 e. The zero-order chi connectivity index (χ0) is 10.8. The van der Waals surface area contributed by atoms with Crippen LogP contribution in [0.15, 0.2) is 42.0 Å². The van der Waals surface area contributed by atoms with Crippen molar-refractivity contribution in [3.05, 3.63) is 47.5 Å². The standard InChI is InChI=1S/C12H11NO2/c1-8(9-5-3-2-4-6-9)10-7-11(14)13-12(10)15/h2-8H,1H3,(H,13,14,15). The van der Waals surface area contributed by atoms with E-state index in [2.05, 4.69) is 5.32 Å². The number of nitrogens with one attached hydrogen (secondary N) is 1. The second kappa shape index (κ2) is 3.69. The molecule has 0 aliphatic carbocycles. The monoisotopic (exact) mass is 201 g/mol. The van der Waals surface area contributed by atoms with Gasteiger partial charge in [0.05, 0.1) is 0 Å².